The lowest BCUT2D eigenvalue weighted by atomic mass is 9.78. The topological polar surface area (TPSA) is 203 Å². The molecule has 0 bridgehead atoms. The van der Waals surface area contributed by atoms with Gasteiger partial charge in [-0.1, -0.05) is 239 Å². The Bertz CT molecular complexity index is 3320. The molecule has 614 valence electrons. The molecule has 20 nitrogen and oxygen atoms in total. The number of carbonyl (C=O) groups excluding carboxylic acids is 1. The highest BCUT2D eigenvalue weighted by Gasteiger charge is 2.58. The number of esters is 1. The summed E-state index contributed by atoms with van der Waals surface area (Å²) in [4.78, 5) is 12.9. The maximum absolute atomic E-state index is 13.8. The van der Waals surface area contributed by atoms with Crippen molar-refractivity contribution in [2.75, 3.05) is 13.2 Å². The normalized spacial score (nSPS) is 41.5. The number of aliphatic hydroxyl groups is 1. The van der Waals surface area contributed by atoms with Gasteiger partial charge in [0.25, 0.3) is 0 Å². The molecule has 11 rings (SSSR count). The second-order valence-corrected chi connectivity index (χ2v) is 33.5. The van der Waals surface area contributed by atoms with E-state index in [1.807, 2.05) is 128 Å². The van der Waals surface area contributed by atoms with E-state index in [-0.39, 0.29) is 103 Å². The van der Waals surface area contributed by atoms with Crippen LogP contribution in [-0.4, -0.2) is 166 Å². The minimum Gasteiger partial charge on any atom is -0.457 e. The van der Waals surface area contributed by atoms with Gasteiger partial charge in [-0.15, -0.1) is 0 Å². The molecule has 7 saturated heterocycles. The fraction of sp³-hybridized carbons (Fsp3) is 0.722. The van der Waals surface area contributed by atoms with Crippen molar-refractivity contribution >= 4 is 5.97 Å². The minimum absolute atomic E-state index is 0.00243. The number of benzene rings is 4. The lowest BCUT2D eigenvalue weighted by Gasteiger charge is -2.53. The Balaban J connectivity index is 0.930. The Kier molecular flexibility index (Phi) is 31.8. The average Bonchev–Trinajstić information content (AvgIpc) is 0.767. The van der Waals surface area contributed by atoms with Crippen molar-refractivity contribution < 1.29 is 95.2 Å². The predicted octanol–water partition coefficient (Wildman–Crippen LogP) is 15.8. The van der Waals surface area contributed by atoms with Gasteiger partial charge in [-0.3, -0.25) is 4.79 Å². The number of rotatable bonds is 32. The second-order valence-electron chi connectivity index (χ2n) is 33.5. The molecule has 110 heavy (non-hydrogen) atoms. The number of hydrogen-bond acceptors (Lipinski definition) is 20. The Morgan fingerprint density at radius 2 is 0.673 bits per heavy atom. The van der Waals surface area contributed by atoms with E-state index in [1.165, 1.54) is 6.92 Å². The first-order chi connectivity index (χ1) is 52.9. The van der Waals surface area contributed by atoms with Crippen LogP contribution in [0, 0.1) is 76.9 Å². The summed E-state index contributed by atoms with van der Waals surface area (Å²) in [6, 6.07) is 40.2. The van der Waals surface area contributed by atoms with E-state index in [1.54, 1.807) is 0 Å². The molecule has 0 amide bonds. The smallest absolute Gasteiger partial charge is 0.303 e. The number of carbonyl (C=O) groups is 1. The summed E-state index contributed by atoms with van der Waals surface area (Å²) in [5.74, 6) is -0.711. The SMILES string of the molecule is CCC1O[C@@H](O[C@@H]2C(OCc3ccccc3)[C@H](O[C@@H]3C(COCc4ccccc4)O[C@@H](OCc4ccccc4)C(C)[C@H]3C)OC(C(C)O[C@H]3OC(CC)[C@@H](C)[C@H](C)C3O[C@@H]3OC(CC)[C@@H](C)[C@H](C)C3C)[C@H]2O)[C@@H](O[C@@H]2OC(CC)[C@@H](O[C@@H]3OC(COCc4ccccc4)[C@H](C)[C@H](C)C3OC(C)=O)[C@H](C)C2C)C(C)[C@H]1C. The summed E-state index contributed by atoms with van der Waals surface area (Å²) < 4.78 is 127. The molecular formula is C90H134O20. The van der Waals surface area contributed by atoms with Crippen LogP contribution in [0.25, 0.3) is 0 Å². The molecule has 15 unspecified atom stereocenters. The van der Waals surface area contributed by atoms with E-state index < -0.39 is 123 Å². The first-order valence-corrected chi connectivity index (χ1v) is 41.8. The molecule has 0 aliphatic carbocycles. The highest BCUT2D eigenvalue weighted by molar-refractivity contribution is 5.66. The van der Waals surface area contributed by atoms with Crippen molar-refractivity contribution in [3.05, 3.63) is 144 Å². The third-order valence-corrected chi connectivity index (χ3v) is 26.5. The molecule has 0 radical (unpaired) electrons. The van der Waals surface area contributed by atoms with Crippen LogP contribution in [0.5, 0.6) is 0 Å². The van der Waals surface area contributed by atoms with Gasteiger partial charge in [-0.25, -0.2) is 0 Å². The Hall–Kier alpha value is -4.37. The molecule has 4 aromatic rings. The molecule has 0 saturated carbocycles. The zero-order chi connectivity index (χ0) is 78.6. The highest BCUT2D eigenvalue weighted by atomic mass is 16.8. The molecule has 4 aromatic carbocycles. The van der Waals surface area contributed by atoms with E-state index in [4.69, 9.17) is 85.3 Å². The van der Waals surface area contributed by atoms with Crippen LogP contribution < -0.4 is 0 Å². The summed E-state index contributed by atoms with van der Waals surface area (Å²) >= 11 is 0. The van der Waals surface area contributed by atoms with Crippen molar-refractivity contribution in [3.8, 4) is 0 Å². The van der Waals surface area contributed by atoms with Crippen molar-refractivity contribution in [1.82, 2.24) is 0 Å². The Morgan fingerprint density at radius 3 is 1.17 bits per heavy atom. The molecule has 7 heterocycles. The first kappa shape index (κ1) is 86.5. The van der Waals surface area contributed by atoms with Gasteiger partial charge in [-0.05, 0) is 108 Å². The molecule has 7 fully saturated rings. The summed E-state index contributed by atoms with van der Waals surface area (Å²) in [5, 5.41) is 13.8. The molecule has 36 atom stereocenters. The summed E-state index contributed by atoms with van der Waals surface area (Å²) in [7, 11) is 0. The lowest BCUT2D eigenvalue weighted by Crippen LogP contribution is -2.67. The van der Waals surface area contributed by atoms with Crippen LogP contribution in [0.2, 0.25) is 0 Å². The van der Waals surface area contributed by atoms with Gasteiger partial charge in [0.15, 0.2) is 50.1 Å². The van der Waals surface area contributed by atoms with Crippen LogP contribution in [0.15, 0.2) is 121 Å². The van der Waals surface area contributed by atoms with E-state index in [9.17, 15) is 9.90 Å². The van der Waals surface area contributed by atoms with Gasteiger partial charge >= 0.3 is 5.97 Å². The summed E-state index contributed by atoms with van der Waals surface area (Å²) in [6.07, 6.45) is -14.2. The molecule has 0 spiro atoms. The average molecular weight is 1540 g/mol. The molecule has 0 aromatic heterocycles. The van der Waals surface area contributed by atoms with Gasteiger partial charge in [-0.2, -0.15) is 0 Å². The monoisotopic (exact) mass is 1530 g/mol. The van der Waals surface area contributed by atoms with Gasteiger partial charge < -0.3 is 90.4 Å². The minimum atomic E-state index is -1.45. The Morgan fingerprint density at radius 1 is 0.336 bits per heavy atom. The number of ether oxygens (including phenoxy) is 18. The lowest BCUT2D eigenvalue weighted by molar-refractivity contribution is -0.398. The van der Waals surface area contributed by atoms with E-state index in [2.05, 4.69) is 118 Å². The molecule has 7 aliphatic heterocycles. The summed E-state index contributed by atoms with van der Waals surface area (Å²) in [5.41, 5.74) is 3.98. The van der Waals surface area contributed by atoms with Crippen LogP contribution in [-0.2, 0) is 116 Å². The van der Waals surface area contributed by atoms with Crippen LogP contribution in [0.3, 0.4) is 0 Å². The van der Waals surface area contributed by atoms with Crippen molar-refractivity contribution in [2.45, 2.75) is 325 Å². The predicted molar refractivity (Wildman–Crippen MR) is 416 cm³/mol. The van der Waals surface area contributed by atoms with E-state index in [0.29, 0.717) is 51.1 Å². The quantitative estimate of drug-likeness (QED) is 0.0452. The zero-order valence-corrected chi connectivity index (χ0v) is 69.1. The fourth-order valence-electron chi connectivity index (χ4n) is 17.8. The third kappa shape index (κ3) is 20.7. The largest absolute Gasteiger partial charge is 0.457 e. The standard InChI is InChI=1S/C90H134O20/c1-20-69-51(6)50(5)60(15)85(99-69)107-79-55(10)52(7)70(21-2)100-87(79)97-63(18)81-75(92)82(83(95-46-67-40-32-26-33-41-67)90(109-81)106-77-58(13)61(16)84(96-47-68-42-34-27-35-43-68)104-74(77)49-94-45-66-38-30-25-31-39-66)110-89-80(56(11)53(8)71(22-3)101-89)108-86-62(17)59(14)76(72(23-4)102-86)105-88-78(98-64(19)91)57(12)54(9)73(103-88)48-93-44-65-36-28-24-29-37-65/h24-43,50-63,69-90,92H,20-23,44-49H2,1-19H3/t50-,51-,52-,53+,54+,55-,56?,57-,58+,59+,60?,61?,62?,63?,69?,70?,71?,72?,73?,74?,75+,76-,77-,78?,79?,80-,81?,82-,83?,84+,85-,86-,87-,88-,89-,90+/m0/s1. The van der Waals surface area contributed by atoms with Gasteiger partial charge in [0.05, 0.1) is 88.5 Å². The van der Waals surface area contributed by atoms with Crippen LogP contribution in [0.1, 0.15) is 179 Å². The van der Waals surface area contributed by atoms with Crippen molar-refractivity contribution in [3.63, 3.8) is 0 Å². The molecular weight excluding hydrogens is 1400 g/mol. The van der Waals surface area contributed by atoms with Crippen molar-refractivity contribution in [1.29, 1.82) is 0 Å². The Labute approximate surface area is 657 Å². The zero-order valence-electron chi connectivity index (χ0n) is 69.1. The molecule has 20 heteroatoms. The maximum Gasteiger partial charge on any atom is 0.303 e. The second kappa shape index (κ2) is 40.5. The number of hydrogen-bond donors (Lipinski definition) is 1. The first-order valence-electron chi connectivity index (χ1n) is 41.8. The van der Waals surface area contributed by atoms with Gasteiger partial charge in [0.2, 0.25) is 0 Å². The van der Waals surface area contributed by atoms with Gasteiger partial charge in [0, 0.05) is 30.6 Å². The highest BCUT2D eigenvalue weighted by Crippen LogP contribution is 2.47. The molecule has 7 aliphatic rings. The van der Waals surface area contributed by atoms with E-state index >= 15 is 0 Å². The van der Waals surface area contributed by atoms with Gasteiger partial charge in [0.1, 0.15) is 42.7 Å². The van der Waals surface area contributed by atoms with Crippen LogP contribution >= 0.6 is 0 Å². The van der Waals surface area contributed by atoms with Crippen molar-refractivity contribution in [2.24, 2.45) is 76.9 Å². The molecule has 1 N–H and O–H groups in total. The summed E-state index contributed by atoms with van der Waals surface area (Å²) in [6.45, 7) is 41.9. The van der Waals surface area contributed by atoms with E-state index in [0.717, 1.165) is 35.1 Å². The number of aliphatic hydroxyl groups excluding tert-OH is 1. The van der Waals surface area contributed by atoms with Crippen LogP contribution in [0.4, 0.5) is 0 Å². The third-order valence-electron chi connectivity index (χ3n) is 26.5. The maximum atomic E-state index is 13.8. The fourth-order valence-corrected chi connectivity index (χ4v) is 17.8.